The molecule has 134 valence electrons. The van der Waals surface area contributed by atoms with Gasteiger partial charge >= 0.3 is 0 Å². The largest absolute Gasteiger partial charge is 0.328 e. The van der Waals surface area contributed by atoms with E-state index >= 15 is 0 Å². The standard InChI is InChI=1S/C23H21N3O/c1-15-2-4-16(5-3-15)17-6-8-18(9-7-17)23(27)26-19-10-11-22(26)20-13-24-14-25-21(20)12-19/h2-9,13-14,19,22H,10-12H2,1H3. The van der Waals surface area contributed by atoms with Gasteiger partial charge in [-0.1, -0.05) is 42.0 Å². The van der Waals surface area contributed by atoms with E-state index in [-0.39, 0.29) is 18.0 Å². The lowest BCUT2D eigenvalue weighted by molar-refractivity contribution is 0.0644. The summed E-state index contributed by atoms with van der Waals surface area (Å²) in [5.74, 6) is 0.118. The summed E-state index contributed by atoms with van der Waals surface area (Å²) in [5.41, 5.74) is 6.53. The molecule has 0 saturated carbocycles. The molecular formula is C23H21N3O. The van der Waals surface area contributed by atoms with E-state index in [1.54, 1.807) is 6.33 Å². The number of amides is 1. The number of nitrogens with zero attached hydrogens (tertiary/aromatic N) is 3. The van der Waals surface area contributed by atoms with Crippen LogP contribution < -0.4 is 0 Å². The third kappa shape index (κ3) is 2.72. The van der Waals surface area contributed by atoms with Crippen LogP contribution in [-0.2, 0) is 6.42 Å². The SMILES string of the molecule is Cc1ccc(-c2ccc(C(=O)N3C4CCC3c3cncnc3C4)cc2)cc1. The highest BCUT2D eigenvalue weighted by molar-refractivity contribution is 5.95. The second-order valence-electron chi connectivity index (χ2n) is 7.53. The molecule has 27 heavy (non-hydrogen) atoms. The van der Waals surface area contributed by atoms with Gasteiger partial charge in [0.1, 0.15) is 6.33 Å². The molecule has 4 nitrogen and oxygen atoms in total. The van der Waals surface area contributed by atoms with Gasteiger partial charge in [0.05, 0.1) is 11.7 Å². The molecule has 5 rings (SSSR count). The summed E-state index contributed by atoms with van der Waals surface area (Å²) in [5, 5.41) is 0. The minimum atomic E-state index is 0.115. The molecule has 1 saturated heterocycles. The highest BCUT2D eigenvalue weighted by Gasteiger charge is 2.43. The number of hydrogen-bond donors (Lipinski definition) is 0. The average Bonchev–Trinajstić information content (AvgIpc) is 3.03. The van der Waals surface area contributed by atoms with E-state index in [2.05, 4.69) is 46.1 Å². The summed E-state index contributed by atoms with van der Waals surface area (Å²) in [4.78, 5) is 23.9. The Bertz CT molecular complexity index is 995. The lowest BCUT2D eigenvalue weighted by Crippen LogP contribution is -2.42. The summed E-state index contributed by atoms with van der Waals surface area (Å²) < 4.78 is 0. The molecule has 2 aliphatic rings. The first-order valence-electron chi connectivity index (χ1n) is 9.49. The van der Waals surface area contributed by atoms with Crippen molar-refractivity contribution in [3.63, 3.8) is 0 Å². The lowest BCUT2D eigenvalue weighted by Gasteiger charge is -2.35. The summed E-state index contributed by atoms with van der Waals surface area (Å²) >= 11 is 0. The van der Waals surface area contributed by atoms with E-state index in [0.717, 1.165) is 41.6 Å². The molecule has 0 aliphatic carbocycles. The maximum Gasteiger partial charge on any atom is 0.254 e. The number of carbonyl (C=O) groups excluding carboxylic acids is 1. The molecule has 4 heteroatoms. The maximum absolute atomic E-state index is 13.2. The number of rotatable bonds is 2. The zero-order valence-electron chi connectivity index (χ0n) is 15.3. The quantitative estimate of drug-likeness (QED) is 0.686. The van der Waals surface area contributed by atoms with Gasteiger partial charge in [-0.25, -0.2) is 9.97 Å². The van der Waals surface area contributed by atoms with Crippen molar-refractivity contribution in [2.24, 2.45) is 0 Å². The molecule has 1 fully saturated rings. The van der Waals surface area contributed by atoms with Crippen LogP contribution in [0.2, 0.25) is 0 Å². The van der Waals surface area contributed by atoms with Crippen molar-refractivity contribution in [3.8, 4) is 11.1 Å². The first-order valence-corrected chi connectivity index (χ1v) is 9.49. The van der Waals surface area contributed by atoms with Crippen molar-refractivity contribution >= 4 is 5.91 Å². The zero-order valence-corrected chi connectivity index (χ0v) is 15.3. The summed E-state index contributed by atoms with van der Waals surface area (Å²) in [6.45, 7) is 2.08. The highest BCUT2D eigenvalue weighted by Crippen LogP contribution is 2.43. The third-order valence-electron chi connectivity index (χ3n) is 5.87. The molecule has 0 radical (unpaired) electrons. The van der Waals surface area contributed by atoms with Crippen molar-refractivity contribution in [1.82, 2.24) is 14.9 Å². The van der Waals surface area contributed by atoms with Crippen LogP contribution in [0.25, 0.3) is 11.1 Å². The van der Waals surface area contributed by atoms with Crippen LogP contribution in [0, 0.1) is 6.92 Å². The van der Waals surface area contributed by atoms with Gasteiger partial charge in [0.2, 0.25) is 0 Å². The Morgan fingerprint density at radius 1 is 1.00 bits per heavy atom. The third-order valence-corrected chi connectivity index (χ3v) is 5.87. The Hall–Kier alpha value is -3.01. The van der Waals surface area contributed by atoms with Gasteiger partial charge in [-0.3, -0.25) is 4.79 Å². The van der Waals surface area contributed by atoms with Gasteiger partial charge in [-0.2, -0.15) is 0 Å². The number of hydrogen-bond acceptors (Lipinski definition) is 3. The first-order chi connectivity index (χ1) is 13.2. The molecule has 0 spiro atoms. The van der Waals surface area contributed by atoms with E-state index in [9.17, 15) is 4.79 Å². The molecule has 2 unspecified atom stereocenters. The Labute approximate surface area is 158 Å². The summed E-state index contributed by atoms with van der Waals surface area (Å²) in [6.07, 6.45) is 6.36. The number of aromatic nitrogens is 2. The monoisotopic (exact) mass is 355 g/mol. The molecule has 0 N–H and O–H groups in total. The molecule has 3 heterocycles. The predicted molar refractivity (Wildman–Crippen MR) is 104 cm³/mol. The molecule has 2 aromatic carbocycles. The molecule has 1 amide bonds. The fourth-order valence-corrected chi connectivity index (χ4v) is 4.43. The minimum absolute atomic E-state index is 0.115. The van der Waals surface area contributed by atoms with Crippen molar-refractivity contribution in [3.05, 3.63) is 83.4 Å². The van der Waals surface area contributed by atoms with E-state index in [1.165, 1.54) is 11.1 Å². The number of benzene rings is 2. The predicted octanol–water partition coefficient (Wildman–Crippen LogP) is 4.35. The van der Waals surface area contributed by atoms with Crippen molar-refractivity contribution in [2.45, 2.75) is 38.3 Å². The average molecular weight is 355 g/mol. The molecule has 2 atom stereocenters. The van der Waals surface area contributed by atoms with E-state index in [4.69, 9.17) is 0 Å². The summed E-state index contributed by atoms with van der Waals surface area (Å²) in [7, 11) is 0. The molecule has 2 aliphatic heterocycles. The highest BCUT2D eigenvalue weighted by atomic mass is 16.2. The Kier molecular flexibility index (Phi) is 3.78. The van der Waals surface area contributed by atoms with Crippen LogP contribution >= 0.6 is 0 Å². The van der Waals surface area contributed by atoms with Crippen LogP contribution in [-0.4, -0.2) is 26.8 Å². The van der Waals surface area contributed by atoms with Crippen LogP contribution in [0.1, 0.15) is 46.1 Å². The molecule has 3 aromatic rings. The second-order valence-corrected chi connectivity index (χ2v) is 7.53. The maximum atomic E-state index is 13.2. The van der Waals surface area contributed by atoms with Crippen molar-refractivity contribution in [2.75, 3.05) is 0 Å². The van der Waals surface area contributed by atoms with Crippen LogP contribution in [0.4, 0.5) is 0 Å². The molecule has 2 bridgehead atoms. The summed E-state index contributed by atoms with van der Waals surface area (Å²) in [6, 6.07) is 16.8. The van der Waals surface area contributed by atoms with Crippen LogP contribution in [0.5, 0.6) is 0 Å². The van der Waals surface area contributed by atoms with Gasteiger partial charge in [-0.15, -0.1) is 0 Å². The molecule has 1 aromatic heterocycles. The fraction of sp³-hybridized carbons (Fsp3) is 0.261. The van der Waals surface area contributed by atoms with Crippen LogP contribution in [0.3, 0.4) is 0 Å². The van der Waals surface area contributed by atoms with Crippen molar-refractivity contribution in [1.29, 1.82) is 0 Å². The van der Waals surface area contributed by atoms with E-state index in [0.29, 0.717) is 0 Å². The Morgan fingerprint density at radius 2 is 1.70 bits per heavy atom. The minimum Gasteiger partial charge on any atom is -0.328 e. The van der Waals surface area contributed by atoms with Gasteiger partial charge in [0.15, 0.2) is 0 Å². The van der Waals surface area contributed by atoms with Gasteiger partial charge < -0.3 is 4.90 Å². The van der Waals surface area contributed by atoms with Crippen molar-refractivity contribution < 1.29 is 4.79 Å². The van der Waals surface area contributed by atoms with Gasteiger partial charge in [0, 0.05) is 29.8 Å². The second kappa shape index (κ2) is 6.31. The first kappa shape index (κ1) is 16.2. The Balaban J connectivity index is 1.42. The number of carbonyl (C=O) groups is 1. The smallest absolute Gasteiger partial charge is 0.254 e. The number of fused-ring (bicyclic) bond motifs is 4. The Morgan fingerprint density at radius 3 is 2.44 bits per heavy atom. The van der Waals surface area contributed by atoms with Crippen LogP contribution in [0.15, 0.2) is 61.1 Å². The lowest BCUT2D eigenvalue weighted by atomic mass is 9.97. The van der Waals surface area contributed by atoms with E-state index < -0.39 is 0 Å². The van der Waals surface area contributed by atoms with E-state index in [1.807, 2.05) is 30.5 Å². The normalized spacial score (nSPS) is 20.4. The van der Waals surface area contributed by atoms with Gasteiger partial charge in [-0.05, 0) is 43.0 Å². The van der Waals surface area contributed by atoms with Gasteiger partial charge in [0.25, 0.3) is 5.91 Å². The zero-order chi connectivity index (χ0) is 18.4. The molecular weight excluding hydrogens is 334 g/mol. The number of aryl methyl sites for hydroxylation is 1. The fourth-order valence-electron chi connectivity index (χ4n) is 4.43. The topological polar surface area (TPSA) is 46.1 Å².